The predicted molar refractivity (Wildman–Crippen MR) is 85.5 cm³/mol. The molecule has 0 saturated carbocycles. The third kappa shape index (κ3) is 4.40. The Morgan fingerprint density at radius 2 is 1.91 bits per heavy atom. The van der Waals surface area contributed by atoms with Gasteiger partial charge in [-0.1, -0.05) is 20.8 Å². The second kappa shape index (κ2) is 6.93. The quantitative estimate of drug-likeness (QED) is 0.903. The molecular formula is C16H23FN4O2. The molecule has 1 fully saturated rings. The minimum atomic E-state index is -0.518. The summed E-state index contributed by atoms with van der Waals surface area (Å²) in [5.74, 6) is -0.311. The molecule has 1 saturated heterocycles. The van der Waals surface area contributed by atoms with E-state index in [1.54, 1.807) is 37.9 Å². The highest BCUT2D eigenvalue weighted by Crippen LogP contribution is 2.17. The molecule has 0 spiro atoms. The lowest BCUT2D eigenvalue weighted by molar-refractivity contribution is -0.135. The second-order valence-corrected chi connectivity index (χ2v) is 6.61. The molecule has 23 heavy (non-hydrogen) atoms. The van der Waals surface area contributed by atoms with E-state index in [-0.39, 0.29) is 24.2 Å². The van der Waals surface area contributed by atoms with Crippen molar-refractivity contribution in [2.45, 2.75) is 20.8 Å². The SMILES string of the molecule is CC(C)(C)C(=O)NCC(=O)N1CCN(c2ncccc2F)CC1. The molecule has 1 N–H and O–H groups in total. The third-order valence-corrected chi connectivity index (χ3v) is 3.75. The van der Waals surface area contributed by atoms with Crippen molar-refractivity contribution >= 4 is 17.6 Å². The molecule has 1 aliphatic rings. The molecule has 0 atom stereocenters. The zero-order valence-electron chi connectivity index (χ0n) is 13.8. The molecule has 126 valence electrons. The Hall–Kier alpha value is -2.18. The lowest BCUT2D eigenvalue weighted by Gasteiger charge is -2.35. The first kappa shape index (κ1) is 17.2. The van der Waals surface area contributed by atoms with Crippen LogP contribution in [0.5, 0.6) is 0 Å². The molecule has 0 unspecified atom stereocenters. The van der Waals surface area contributed by atoms with Gasteiger partial charge in [0.25, 0.3) is 0 Å². The third-order valence-electron chi connectivity index (χ3n) is 3.75. The van der Waals surface area contributed by atoms with Crippen LogP contribution in [0.3, 0.4) is 0 Å². The number of carbonyl (C=O) groups excluding carboxylic acids is 2. The minimum Gasteiger partial charge on any atom is -0.351 e. The van der Waals surface area contributed by atoms with E-state index in [0.29, 0.717) is 32.0 Å². The summed E-state index contributed by atoms with van der Waals surface area (Å²) in [4.78, 5) is 31.5. The fourth-order valence-corrected chi connectivity index (χ4v) is 2.31. The van der Waals surface area contributed by atoms with Gasteiger partial charge in [-0.05, 0) is 12.1 Å². The maximum absolute atomic E-state index is 13.7. The number of amides is 2. The molecule has 0 radical (unpaired) electrons. The number of rotatable bonds is 3. The van der Waals surface area contributed by atoms with Crippen molar-refractivity contribution in [2.24, 2.45) is 5.41 Å². The summed E-state index contributed by atoms with van der Waals surface area (Å²) in [5, 5.41) is 2.66. The number of nitrogens with one attached hydrogen (secondary N) is 1. The Morgan fingerprint density at radius 3 is 2.48 bits per heavy atom. The smallest absolute Gasteiger partial charge is 0.242 e. The van der Waals surface area contributed by atoms with Crippen LogP contribution >= 0.6 is 0 Å². The van der Waals surface area contributed by atoms with Gasteiger partial charge in [0.15, 0.2) is 11.6 Å². The molecule has 2 heterocycles. The van der Waals surface area contributed by atoms with Gasteiger partial charge in [-0.2, -0.15) is 0 Å². The van der Waals surface area contributed by atoms with Gasteiger partial charge in [-0.3, -0.25) is 9.59 Å². The summed E-state index contributed by atoms with van der Waals surface area (Å²) in [6.45, 7) is 7.40. The Balaban J connectivity index is 1.83. The Bertz CT molecular complexity index is 578. The molecule has 0 aliphatic carbocycles. The number of aromatic nitrogens is 1. The van der Waals surface area contributed by atoms with Crippen molar-refractivity contribution in [1.29, 1.82) is 0 Å². The number of carbonyl (C=O) groups is 2. The molecule has 0 bridgehead atoms. The highest BCUT2D eigenvalue weighted by atomic mass is 19.1. The molecule has 7 heteroatoms. The van der Waals surface area contributed by atoms with Crippen LogP contribution in [0.15, 0.2) is 18.3 Å². The van der Waals surface area contributed by atoms with Crippen LogP contribution in [0.25, 0.3) is 0 Å². The van der Waals surface area contributed by atoms with E-state index in [4.69, 9.17) is 0 Å². The van der Waals surface area contributed by atoms with Crippen LogP contribution in [0, 0.1) is 11.2 Å². The molecule has 2 rings (SSSR count). The summed E-state index contributed by atoms with van der Waals surface area (Å²) in [7, 11) is 0. The van der Waals surface area contributed by atoms with Gasteiger partial charge in [0.2, 0.25) is 11.8 Å². The highest BCUT2D eigenvalue weighted by molar-refractivity contribution is 5.87. The average molecular weight is 322 g/mol. The maximum atomic E-state index is 13.7. The van der Waals surface area contributed by atoms with Crippen molar-refractivity contribution in [3.8, 4) is 0 Å². The lowest BCUT2D eigenvalue weighted by atomic mass is 9.96. The largest absolute Gasteiger partial charge is 0.351 e. The first-order valence-electron chi connectivity index (χ1n) is 7.70. The second-order valence-electron chi connectivity index (χ2n) is 6.61. The van der Waals surface area contributed by atoms with E-state index in [9.17, 15) is 14.0 Å². The fourth-order valence-electron chi connectivity index (χ4n) is 2.31. The standard InChI is InChI=1S/C16H23FN4O2/c1-16(2,3)15(23)19-11-13(22)20-7-9-21(10-8-20)14-12(17)5-4-6-18-14/h4-6H,7-11H2,1-3H3,(H,19,23). The van der Waals surface area contributed by atoms with Crippen LogP contribution in [0.4, 0.5) is 10.2 Å². The zero-order chi connectivity index (χ0) is 17.0. The van der Waals surface area contributed by atoms with Crippen molar-refractivity contribution in [3.05, 3.63) is 24.1 Å². The van der Waals surface area contributed by atoms with E-state index >= 15 is 0 Å². The van der Waals surface area contributed by atoms with Gasteiger partial charge in [0.05, 0.1) is 6.54 Å². The van der Waals surface area contributed by atoms with Gasteiger partial charge >= 0.3 is 0 Å². The van der Waals surface area contributed by atoms with Crippen molar-refractivity contribution < 1.29 is 14.0 Å². The van der Waals surface area contributed by atoms with Crippen molar-refractivity contribution in [2.75, 3.05) is 37.6 Å². The Labute approximate surface area is 135 Å². The minimum absolute atomic E-state index is 0.00590. The number of hydrogen-bond donors (Lipinski definition) is 1. The number of pyridine rings is 1. The summed E-state index contributed by atoms with van der Waals surface area (Å²) < 4.78 is 13.7. The molecular weight excluding hydrogens is 299 g/mol. The molecule has 1 aromatic heterocycles. The number of anilines is 1. The average Bonchev–Trinajstić information content (AvgIpc) is 2.52. The Kier molecular flexibility index (Phi) is 5.18. The molecule has 6 nitrogen and oxygen atoms in total. The van der Waals surface area contributed by atoms with Gasteiger partial charge < -0.3 is 15.1 Å². The van der Waals surface area contributed by atoms with Crippen molar-refractivity contribution in [3.63, 3.8) is 0 Å². The zero-order valence-corrected chi connectivity index (χ0v) is 13.8. The number of hydrogen-bond acceptors (Lipinski definition) is 4. The monoisotopic (exact) mass is 322 g/mol. The first-order valence-corrected chi connectivity index (χ1v) is 7.70. The van der Waals surface area contributed by atoms with Crippen LogP contribution in [-0.4, -0.2) is 54.4 Å². The number of nitrogens with zero attached hydrogens (tertiary/aromatic N) is 3. The number of halogens is 1. The van der Waals surface area contributed by atoms with Crippen LogP contribution in [-0.2, 0) is 9.59 Å². The molecule has 2 amide bonds. The van der Waals surface area contributed by atoms with E-state index in [1.807, 2.05) is 4.90 Å². The fraction of sp³-hybridized carbons (Fsp3) is 0.562. The summed E-state index contributed by atoms with van der Waals surface area (Å²) in [6.07, 6.45) is 1.55. The molecule has 1 aliphatic heterocycles. The normalized spacial score (nSPS) is 15.5. The van der Waals surface area contributed by atoms with Crippen LogP contribution in [0.2, 0.25) is 0 Å². The summed E-state index contributed by atoms with van der Waals surface area (Å²) in [5.41, 5.74) is -0.518. The maximum Gasteiger partial charge on any atom is 0.242 e. The highest BCUT2D eigenvalue weighted by Gasteiger charge is 2.25. The predicted octanol–water partition coefficient (Wildman–Crippen LogP) is 1.03. The summed E-state index contributed by atoms with van der Waals surface area (Å²) >= 11 is 0. The number of piperazine rings is 1. The molecule has 1 aromatic rings. The van der Waals surface area contributed by atoms with Crippen LogP contribution < -0.4 is 10.2 Å². The first-order chi connectivity index (χ1) is 10.8. The van der Waals surface area contributed by atoms with E-state index < -0.39 is 5.41 Å². The van der Waals surface area contributed by atoms with Gasteiger partial charge in [-0.15, -0.1) is 0 Å². The van der Waals surface area contributed by atoms with Gasteiger partial charge in [-0.25, -0.2) is 9.37 Å². The molecule has 0 aromatic carbocycles. The van der Waals surface area contributed by atoms with Crippen molar-refractivity contribution in [1.82, 2.24) is 15.2 Å². The van der Waals surface area contributed by atoms with E-state index in [0.717, 1.165) is 0 Å². The van der Waals surface area contributed by atoms with Crippen LogP contribution in [0.1, 0.15) is 20.8 Å². The lowest BCUT2D eigenvalue weighted by Crippen LogP contribution is -2.52. The summed E-state index contributed by atoms with van der Waals surface area (Å²) in [6, 6.07) is 2.93. The van der Waals surface area contributed by atoms with Gasteiger partial charge in [0.1, 0.15) is 0 Å². The topological polar surface area (TPSA) is 65.5 Å². The van der Waals surface area contributed by atoms with E-state index in [2.05, 4.69) is 10.3 Å². The van der Waals surface area contributed by atoms with E-state index in [1.165, 1.54) is 6.07 Å². The Morgan fingerprint density at radius 1 is 1.26 bits per heavy atom. The van der Waals surface area contributed by atoms with Gasteiger partial charge in [0, 0.05) is 37.8 Å².